The summed E-state index contributed by atoms with van der Waals surface area (Å²) in [6.07, 6.45) is 0. The topological polar surface area (TPSA) is 22.1 Å². The zero-order valence-corrected chi connectivity index (χ0v) is 10.8. The molecule has 2 rings (SSSR count). The van der Waals surface area contributed by atoms with E-state index in [1.165, 1.54) is 11.3 Å². The van der Waals surface area contributed by atoms with Gasteiger partial charge in [0.15, 0.2) is 4.47 Å². The molecule has 78 valence electrons. The zero-order chi connectivity index (χ0) is 10.7. The van der Waals surface area contributed by atoms with Gasteiger partial charge in [0.25, 0.3) is 0 Å². The number of nitrogens with zero attached hydrogens (tertiary/aromatic N) is 1. The van der Waals surface area contributed by atoms with E-state index in [1.54, 1.807) is 0 Å². The summed E-state index contributed by atoms with van der Waals surface area (Å²) in [6.45, 7) is 0.444. The van der Waals surface area contributed by atoms with Gasteiger partial charge in [-0.3, -0.25) is 0 Å². The van der Waals surface area contributed by atoms with E-state index in [2.05, 4.69) is 20.9 Å². The lowest BCUT2D eigenvalue weighted by Gasteiger charge is -2.03. The first-order valence-electron chi connectivity index (χ1n) is 4.22. The summed E-state index contributed by atoms with van der Waals surface area (Å²) in [7, 11) is 0. The highest BCUT2D eigenvalue weighted by Gasteiger charge is 2.00. The SMILES string of the molecule is Clc1nc(COc2cccc(Br)c2)cs1. The van der Waals surface area contributed by atoms with Gasteiger partial charge in [-0.05, 0) is 18.2 Å². The second kappa shape index (κ2) is 4.96. The Kier molecular flexibility index (Phi) is 3.61. The molecule has 2 nitrogen and oxygen atoms in total. The predicted molar refractivity (Wildman–Crippen MR) is 65.6 cm³/mol. The van der Waals surface area contributed by atoms with E-state index in [0.717, 1.165) is 15.9 Å². The summed E-state index contributed by atoms with van der Waals surface area (Å²) >= 11 is 10.5. The molecule has 1 aromatic heterocycles. The quantitative estimate of drug-likeness (QED) is 0.850. The highest BCUT2D eigenvalue weighted by Crippen LogP contribution is 2.20. The van der Waals surface area contributed by atoms with Gasteiger partial charge < -0.3 is 4.74 Å². The second-order valence-electron chi connectivity index (χ2n) is 2.84. The van der Waals surface area contributed by atoms with Gasteiger partial charge in [-0.25, -0.2) is 4.98 Å². The van der Waals surface area contributed by atoms with Gasteiger partial charge in [0, 0.05) is 9.85 Å². The van der Waals surface area contributed by atoms with Crippen LogP contribution in [0, 0.1) is 0 Å². The monoisotopic (exact) mass is 303 g/mol. The van der Waals surface area contributed by atoms with Crippen LogP contribution in [-0.4, -0.2) is 4.98 Å². The Morgan fingerprint density at radius 3 is 3.00 bits per heavy atom. The molecular weight excluding hydrogens is 298 g/mol. The third kappa shape index (κ3) is 3.19. The molecule has 2 aromatic rings. The molecule has 0 amide bonds. The van der Waals surface area contributed by atoms with Gasteiger partial charge >= 0.3 is 0 Å². The molecular formula is C10H7BrClNOS. The van der Waals surface area contributed by atoms with E-state index in [4.69, 9.17) is 16.3 Å². The molecule has 0 spiro atoms. The Balaban J connectivity index is 1.99. The van der Waals surface area contributed by atoms with Crippen molar-refractivity contribution in [3.05, 3.63) is 44.3 Å². The van der Waals surface area contributed by atoms with Gasteiger partial charge in [0.05, 0.1) is 5.69 Å². The first-order valence-corrected chi connectivity index (χ1v) is 6.27. The van der Waals surface area contributed by atoms with Crippen LogP contribution in [0.25, 0.3) is 0 Å². The van der Waals surface area contributed by atoms with Crippen LogP contribution in [-0.2, 0) is 6.61 Å². The molecule has 0 saturated heterocycles. The van der Waals surface area contributed by atoms with Gasteiger partial charge in [-0.15, -0.1) is 11.3 Å². The number of rotatable bonds is 3. The van der Waals surface area contributed by atoms with Gasteiger partial charge in [0.2, 0.25) is 0 Å². The normalized spacial score (nSPS) is 10.3. The van der Waals surface area contributed by atoms with Gasteiger partial charge in [-0.1, -0.05) is 33.6 Å². The molecule has 0 aliphatic rings. The molecule has 15 heavy (non-hydrogen) atoms. The maximum absolute atomic E-state index is 5.71. The first-order chi connectivity index (χ1) is 7.24. The van der Waals surface area contributed by atoms with Gasteiger partial charge in [-0.2, -0.15) is 0 Å². The average Bonchev–Trinajstić information content (AvgIpc) is 2.62. The average molecular weight is 305 g/mol. The van der Waals surface area contributed by atoms with Gasteiger partial charge in [0.1, 0.15) is 12.4 Å². The molecule has 5 heteroatoms. The Bertz CT molecular complexity index is 460. The van der Waals surface area contributed by atoms with Crippen LogP contribution in [0.3, 0.4) is 0 Å². The molecule has 0 N–H and O–H groups in total. The molecule has 1 heterocycles. The fraction of sp³-hybridized carbons (Fsp3) is 0.100. The van der Waals surface area contributed by atoms with Crippen molar-refractivity contribution in [2.24, 2.45) is 0 Å². The number of aromatic nitrogens is 1. The fourth-order valence-corrected chi connectivity index (χ4v) is 2.21. The van der Waals surface area contributed by atoms with Crippen LogP contribution in [0.1, 0.15) is 5.69 Å². The van der Waals surface area contributed by atoms with E-state index in [0.29, 0.717) is 11.1 Å². The highest BCUT2D eigenvalue weighted by molar-refractivity contribution is 9.10. The summed E-state index contributed by atoms with van der Waals surface area (Å²) in [6, 6.07) is 7.69. The van der Waals surface area contributed by atoms with Crippen molar-refractivity contribution in [1.29, 1.82) is 0 Å². The largest absolute Gasteiger partial charge is 0.487 e. The van der Waals surface area contributed by atoms with Crippen molar-refractivity contribution in [2.45, 2.75) is 6.61 Å². The minimum Gasteiger partial charge on any atom is -0.487 e. The predicted octanol–water partition coefficient (Wildman–Crippen LogP) is 4.14. The molecule has 0 aliphatic carbocycles. The van der Waals surface area contributed by atoms with Crippen LogP contribution in [0.2, 0.25) is 4.47 Å². The molecule has 0 bridgehead atoms. The number of ether oxygens (including phenoxy) is 1. The van der Waals surface area contributed by atoms with E-state index < -0.39 is 0 Å². The highest BCUT2D eigenvalue weighted by atomic mass is 79.9. The number of hydrogen-bond donors (Lipinski definition) is 0. The van der Waals surface area contributed by atoms with Crippen molar-refractivity contribution in [2.75, 3.05) is 0 Å². The summed E-state index contributed by atoms with van der Waals surface area (Å²) in [5.41, 5.74) is 0.852. The van der Waals surface area contributed by atoms with Crippen molar-refractivity contribution in [3.63, 3.8) is 0 Å². The molecule has 0 atom stereocenters. The van der Waals surface area contributed by atoms with E-state index in [1.807, 2.05) is 29.6 Å². The van der Waals surface area contributed by atoms with E-state index in [9.17, 15) is 0 Å². The van der Waals surface area contributed by atoms with Crippen LogP contribution < -0.4 is 4.74 Å². The maximum Gasteiger partial charge on any atom is 0.183 e. The van der Waals surface area contributed by atoms with Crippen LogP contribution in [0.4, 0.5) is 0 Å². The number of halogens is 2. The molecule has 0 aliphatic heterocycles. The molecule has 1 aromatic carbocycles. The third-order valence-electron chi connectivity index (χ3n) is 1.71. The third-order valence-corrected chi connectivity index (χ3v) is 3.23. The Morgan fingerprint density at radius 1 is 1.47 bits per heavy atom. The number of thiazole rings is 1. The molecule has 0 radical (unpaired) electrons. The molecule has 0 saturated carbocycles. The fourth-order valence-electron chi connectivity index (χ4n) is 1.06. The van der Waals surface area contributed by atoms with Crippen LogP contribution >= 0.6 is 38.9 Å². The Morgan fingerprint density at radius 2 is 2.33 bits per heavy atom. The van der Waals surface area contributed by atoms with Crippen molar-refractivity contribution >= 4 is 38.9 Å². The number of benzene rings is 1. The summed E-state index contributed by atoms with van der Waals surface area (Å²) in [4.78, 5) is 4.10. The lowest BCUT2D eigenvalue weighted by molar-refractivity contribution is 0.302. The minimum absolute atomic E-state index is 0.444. The maximum atomic E-state index is 5.71. The summed E-state index contributed by atoms with van der Waals surface area (Å²) in [5, 5.41) is 1.89. The molecule has 0 fully saturated rings. The zero-order valence-electron chi connectivity index (χ0n) is 7.61. The summed E-state index contributed by atoms with van der Waals surface area (Å²) < 4.78 is 7.08. The van der Waals surface area contributed by atoms with Crippen LogP contribution in [0.5, 0.6) is 5.75 Å². The van der Waals surface area contributed by atoms with Crippen molar-refractivity contribution in [1.82, 2.24) is 4.98 Å². The smallest absolute Gasteiger partial charge is 0.183 e. The van der Waals surface area contributed by atoms with Crippen LogP contribution in [0.15, 0.2) is 34.1 Å². The Labute approximate surface area is 105 Å². The molecule has 0 unspecified atom stereocenters. The van der Waals surface area contributed by atoms with Crippen molar-refractivity contribution < 1.29 is 4.74 Å². The lowest BCUT2D eigenvalue weighted by atomic mass is 10.3. The van der Waals surface area contributed by atoms with E-state index >= 15 is 0 Å². The lowest BCUT2D eigenvalue weighted by Crippen LogP contribution is -1.95. The number of hydrogen-bond acceptors (Lipinski definition) is 3. The second-order valence-corrected chi connectivity index (χ2v) is 5.19. The summed E-state index contributed by atoms with van der Waals surface area (Å²) in [5.74, 6) is 0.813. The minimum atomic E-state index is 0.444. The van der Waals surface area contributed by atoms with Crippen molar-refractivity contribution in [3.8, 4) is 5.75 Å². The first kappa shape index (κ1) is 10.9. The Hall–Kier alpha value is -0.580. The van der Waals surface area contributed by atoms with E-state index in [-0.39, 0.29) is 0 Å². The standard InChI is InChI=1S/C10H7BrClNOS/c11-7-2-1-3-9(4-7)14-5-8-6-15-10(12)13-8/h1-4,6H,5H2.